The first-order valence-corrected chi connectivity index (χ1v) is 6.28. The third-order valence-electron chi connectivity index (χ3n) is 3.54. The topological polar surface area (TPSA) is 58.4 Å². The number of benzene rings is 1. The van der Waals surface area contributed by atoms with Crippen molar-refractivity contribution in [1.29, 1.82) is 0 Å². The number of nitro groups is 1. The Balaban J connectivity index is 2.16. The fourth-order valence-corrected chi connectivity index (χ4v) is 2.56. The van der Waals surface area contributed by atoms with Gasteiger partial charge in [-0.2, -0.15) is 0 Å². The van der Waals surface area contributed by atoms with Gasteiger partial charge >= 0.3 is 0 Å². The highest BCUT2D eigenvalue weighted by Gasteiger charge is 2.19. The van der Waals surface area contributed by atoms with Gasteiger partial charge in [-0.1, -0.05) is 6.07 Å². The number of anilines is 1. The van der Waals surface area contributed by atoms with Crippen LogP contribution < -0.4 is 10.2 Å². The summed E-state index contributed by atoms with van der Waals surface area (Å²) >= 11 is 0. The molecule has 2 rings (SSSR count). The highest BCUT2D eigenvalue weighted by molar-refractivity contribution is 5.61. The van der Waals surface area contributed by atoms with Gasteiger partial charge in [0.1, 0.15) is 0 Å². The SMILES string of the molecule is Cc1c(N(C)CC2CCCN2)cccc1[N+](=O)[O-]. The standard InChI is InChI=1S/C13H19N3O2/c1-10-12(6-3-7-13(10)16(17)18)15(2)9-11-5-4-8-14-11/h3,6-7,11,14H,4-5,8-9H2,1-2H3. The number of rotatable bonds is 4. The van der Waals surface area contributed by atoms with E-state index in [0.29, 0.717) is 6.04 Å². The molecule has 0 aromatic heterocycles. The largest absolute Gasteiger partial charge is 0.373 e. The minimum atomic E-state index is -0.319. The van der Waals surface area contributed by atoms with Crippen LogP contribution in [0.1, 0.15) is 18.4 Å². The van der Waals surface area contributed by atoms with Crippen LogP contribution in [0.5, 0.6) is 0 Å². The highest BCUT2D eigenvalue weighted by Crippen LogP contribution is 2.27. The highest BCUT2D eigenvalue weighted by atomic mass is 16.6. The minimum Gasteiger partial charge on any atom is -0.373 e. The van der Waals surface area contributed by atoms with Crippen molar-refractivity contribution in [2.24, 2.45) is 0 Å². The molecule has 0 spiro atoms. The lowest BCUT2D eigenvalue weighted by Gasteiger charge is -2.24. The van der Waals surface area contributed by atoms with E-state index >= 15 is 0 Å². The summed E-state index contributed by atoms with van der Waals surface area (Å²) in [6.07, 6.45) is 2.39. The van der Waals surface area contributed by atoms with Crippen molar-refractivity contribution in [1.82, 2.24) is 5.32 Å². The summed E-state index contributed by atoms with van der Waals surface area (Å²) < 4.78 is 0. The molecule has 1 unspecified atom stereocenters. The number of nitrogens with zero attached hydrogens (tertiary/aromatic N) is 2. The van der Waals surface area contributed by atoms with Crippen LogP contribution >= 0.6 is 0 Å². The minimum absolute atomic E-state index is 0.193. The van der Waals surface area contributed by atoms with E-state index in [4.69, 9.17) is 0 Å². The predicted molar refractivity (Wildman–Crippen MR) is 72.1 cm³/mol. The Morgan fingerprint density at radius 3 is 2.94 bits per heavy atom. The molecule has 0 saturated carbocycles. The lowest BCUT2D eigenvalue weighted by molar-refractivity contribution is -0.385. The van der Waals surface area contributed by atoms with Gasteiger partial charge < -0.3 is 10.2 Å². The van der Waals surface area contributed by atoms with Gasteiger partial charge in [-0.15, -0.1) is 0 Å². The number of hydrogen-bond acceptors (Lipinski definition) is 4. The van der Waals surface area contributed by atoms with Gasteiger partial charge in [0, 0.05) is 37.0 Å². The van der Waals surface area contributed by atoms with Gasteiger partial charge in [-0.05, 0) is 32.4 Å². The molecule has 5 heteroatoms. The van der Waals surface area contributed by atoms with E-state index in [1.54, 1.807) is 12.1 Å². The maximum absolute atomic E-state index is 10.9. The Labute approximate surface area is 107 Å². The van der Waals surface area contributed by atoms with Crippen LogP contribution in [0.2, 0.25) is 0 Å². The van der Waals surface area contributed by atoms with Crippen molar-refractivity contribution in [2.45, 2.75) is 25.8 Å². The quantitative estimate of drug-likeness (QED) is 0.655. The third-order valence-corrected chi connectivity index (χ3v) is 3.54. The Morgan fingerprint density at radius 2 is 2.33 bits per heavy atom. The van der Waals surface area contributed by atoms with E-state index in [0.717, 1.165) is 24.3 Å². The van der Waals surface area contributed by atoms with Gasteiger partial charge in [0.2, 0.25) is 0 Å². The molecule has 1 aliphatic rings. The van der Waals surface area contributed by atoms with Gasteiger partial charge in [0.15, 0.2) is 0 Å². The maximum atomic E-state index is 10.9. The Bertz CT molecular complexity index is 442. The van der Waals surface area contributed by atoms with E-state index in [1.807, 2.05) is 20.0 Å². The molecule has 0 radical (unpaired) electrons. The smallest absolute Gasteiger partial charge is 0.274 e. The van der Waals surface area contributed by atoms with Crippen molar-refractivity contribution in [3.05, 3.63) is 33.9 Å². The summed E-state index contributed by atoms with van der Waals surface area (Å²) in [4.78, 5) is 12.7. The Kier molecular flexibility index (Phi) is 3.81. The zero-order valence-corrected chi connectivity index (χ0v) is 10.8. The van der Waals surface area contributed by atoms with Crippen LogP contribution in [0.4, 0.5) is 11.4 Å². The van der Waals surface area contributed by atoms with Gasteiger partial charge in [0.25, 0.3) is 5.69 Å². The van der Waals surface area contributed by atoms with Crippen LogP contribution in [0.15, 0.2) is 18.2 Å². The second-order valence-corrected chi connectivity index (χ2v) is 4.85. The zero-order chi connectivity index (χ0) is 13.1. The first-order chi connectivity index (χ1) is 8.59. The van der Waals surface area contributed by atoms with Crippen LogP contribution in [-0.4, -0.2) is 31.1 Å². The number of hydrogen-bond donors (Lipinski definition) is 1. The molecule has 1 heterocycles. The molecule has 0 aliphatic carbocycles. The van der Waals surface area contributed by atoms with Crippen LogP contribution in [0, 0.1) is 17.0 Å². The molecule has 1 saturated heterocycles. The lowest BCUT2D eigenvalue weighted by Crippen LogP contribution is -2.35. The van der Waals surface area contributed by atoms with E-state index < -0.39 is 0 Å². The lowest BCUT2D eigenvalue weighted by atomic mass is 10.1. The molecule has 1 aromatic carbocycles. The van der Waals surface area contributed by atoms with Crippen molar-refractivity contribution in [3.63, 3.8) is 0 Å². The molecule has 1 aliphatic heterocycles. The average molecular weight is 249 g/mol. The molecule has 0 amide bonds. The second kappa shape index (κ2) is 5.35. The molecule has 1 atom stereocenters. The van der Waals surface area contributed by atoms with E-state index in [-0.39, 0.29) is 10.6 Å². The summed E-state index contributed by atoms with van der Waals surface area (Å²) in [6, 6.07) is 5.74. The molecule has 1 N–H and O–H groups in total. The monoisotopic (exact) mass is 249 g/mol. The van der Waals surface area contributed by atoms with Crippen molar-refractivity contribution < 1.29 is 4.92 Å². The van der Waals surface area contributed by atoms with Crippen LogP contribution in [-0.2, 0) is 0 Å². The first kappa shape index (κ1) is 12.8. The normalized spacial score (nSPS) is 18.9. The zero-order valence-electron chi connectivity index (χ0n) is 10.8. The van der Waals surface area contributed by atoms with Crippen LogP contribution in [0.3, 0.4) is 0 Å². The molecular formula is C13H19N3O2. The van der Waals surface area contributed by atoms with Crippen molar-refractivity contribution >= 4 is 11.4 Å². The second-order valence-electron chi connectivity index (χ2n) is 4.85. The van der Waals surface area contributed by atoms with Gasteiger partial charge in [-0.25, -0.2) is 0 Å². The maximum Gasteiger partial charge on any atom is 0.274 e. The summed E-state index contributed by atoms with van der Waals surface area (Å²) in [6.45, 7) is 3.78. The average Bonchev–Trinajstić information content (AvgIpc) is 2.81. The van der Waals surface area contributed by atoms with E-state index in [9.17, 15) is 10.1 Å². The molecule has 1 fully saturated rings. The number of nitrogens with one attached hydrogen (secondary N) is 1. The van der Waals surface area contributed by atoms with Crippen molar-refractivity contribution in [2.75, 3.05) is 25.0 Å². The van der Waals surface area contributed by atoms with Gasteiger partial charge in [-0.3, -0.25) is 10.1 Å². The Hall–Kier alpha value is -1.62. The summed E-state index contributed by atoms with van der Waals surface area (Å²) in [5.74, 6) is 0. The third kappa shape index (κ3) is 2.61. The number of nitro benzene ring substituents is 1. The Morgan fingerprint density at radius 1 is 1.56 bits per heavy atom. The summed E-state index contributed by atoms with van der Waals surface area (Å²) in [5, 5.41) is 14.4. The van der Waals surface area contributed by atoms with Crippen molar-refractivity contribution in [3.8, 4) is 0 Å². The van der Waals surface area contributed by atoms with E-state index in [1.165, 1.54) is 12.8 Å². The molecule has 1 aromatic rings. The number of likely N-dealkylation sites (N-methyl/N-ethyl adjacent to an activating group) is 1. The molecular weight excluding hydrogens is 230 g/mol. The van der Waals surface area contributed by atoms with E-state index in [2.05, 4.69) is 10.2 Å². The summed E-state index contributed by atoms with van der Waals surface area (Å²) in [7, 11) is 1.99. The fraction of sp³-hybridized carbons (Fsp3) is 0.538. The van der Waals surface area contributed by atoms with Crippen LogP contribution in [0.25, 0.3) is 0 Å². The molecule has 98 valence electrons. The first-order valence-electron chi connectivity index (χ1n) is 6.28. The van der Waals surface area contributed by atoms with Gasteiger partial charge in [0.05, 0.1) is 4.92 Å². The fourth-order valence-electron chi connectivity index (χ4n) is 2.56. The summed E-state index contributed by atoms with van der Waals surface area (Å²) in [5.41, 5.74) is 1.87. The molecule has 18 heavy (non-hydrogen) atoms. The molecule has 0 bridgehead atoms. The predicted octanol–water partition coefficient (Wildman–Crippen LogP) is 2.09. The molecule has 5 nitrogen and oxygen atoms in total.